The summed E-state index contributed by atoms with van der Waals surface area (Å²) in [6.07, 6.45) is 4.24. The average Bonchev–Trinajstić information content (AvgIpc) is 2.92. The SMILES string of the molecule is COC(=O)CC1(CS(=O)CC(=O)N2CCCC2)CC1. The fraction of sp³-hybridized carbons (Fsp3) is 0.846. The lowest BCUT2D eigenvalue weighted by Crippen LogP contribution is -2.33. The molecule has 1 heterocycles. The molecule has 2 aliphatic rings. The Kier molecular flexibility index (Phi) is 4.60. The summed E-state index contributed by atoms with van der Waals surface area (Å²) in [5.74, 6) is 0.287. The second-order valence-electron chi connectivity index (χ2n) is 5.57. The highest BCUT2D eigenvalue weighted by Crippen LogP contribution is 2.49. The van der Waals surface area contributed by atoms with Gasteiger partial charge in [-0.15, -0.1) is 0 Å². The first-order valence-corrected chi connectivity index (χ1v) is 8.23. The van der Waals surface area contributed by atoms with E-state index in [4.69, 9.17) is 0 Å². The first kappa shape index (κ1) is 14.5. The van der Waals surface area contributed by atoms with Crippen LogP contribution in [-0.2, 0) is 25.1 Å². The Morgan fingerprint density at radius 2 is 1.89 bits per heavy atom. The van der Waals surface area contributed by atoms with Crippen LogP contribution in [0.4, 0.5) is 0 Å². The Labute approximate surface area is 116 Å². The van der Waals surface area contributed by atoms with Crippen LogP contribution in [0.1, 0.15) is 32.1 Å². The van der Waals surface area contributed by atoms with Gasteiger partial charge in [-0.1, -0.05) is 0 Å². The largest absolute Gasteiger partial charge is 0.469 e. The van der Waals surface area contributed by atoms with Gasteiger partial charge in [-0.3, -0.25) is 13.8 Å². The van der Waals surface area contributed by atoms with Crippen LogP contribution in [0.5, 0.6) is 0 Å². The molecule has 1 aliphatic carbocycles. The Morgan fingerprint density at radius 3 is 2.42 bits per heavy atom. The van der Waals surface area contributed by atoms with Crippen LogP contribution in [-0.4, -0.2) is 52.7 Å². The summed E-state index contributed by atoms with van der Waals surface area (Å²) in [6, 6.07) is 0. The van der Waals surface area contributed by atoms with E-state index in [0.717, 1.165) is 38.8 Å². The quantitative estimate of drug-likeness (QED) is 0.675. The van der Waals surface area contributed by atoms with Crippen LogP contribution in [0.2, 0.25) is 0 Å². The predicted octanol–water partition coefficient (Wildman–Crippen LogP) is 0.701. The minimum atomic E-state index is -1.17. The molecule has 1 unspecified atom stereocenters. The number of carbonyl (C=O) groups excluding carboxylic acids is 2. The van der Waals surface area contributed by atoms with Gasteiger partial charge in [-0.2, -0.15) is 0 Å². The number of amides is 1. The van der Waals surface area contributed by atoms with E-state index in [9.17, 15) is 13.8 Å². The van der Waals surface area contributed by atoms with Gasteiger partial charge in [0.2, 0.25) is 5.91 Å². The number of nitrogens with zero attached hydrogens (tertiary/aromatic N) is 1. The standard InChI is InChI=1S/C13H21NO4S/c1-18-12(16)8-13(4-5-13)10-19(17)9-11(15)14-6-2-3-7-14/h2-10H2,1H3. The van der Waals surface area contributed by atoms with Crippen molar-refractivity contribution in [2.45, 2.75) is 32.1 Å². The van der Waals surface area contributed by atoms with Crippen LogP contribution in [0, 0.1) is 5.41 Å². The molecule has 1 atom stereocenters. The number of rotatable bonds is 6. The van der Waals surface area contributed by atoms with Gasteiger partial charge in [-0.25, -0.2) is 0 Å². The highest BCUT2D eigenvalue weighted by molar-refractivity contribution is 7.85. The zero-order valence-corrected chi connectivity index (χ0v) is 12.2. The van der Waals surface area contributed by atoms with Crippen molar-refractivity contribution in [2.24, 2.45) is 5.41 Å². The van der Waals surface area contributed by atoms with Gasteiger partial charge in [0, 0.05) is 29.6 Å². The van der Waals surface area contributed by atoms with Gasteiger partial charge < -0.3 is 9.64 Å². The molecule has 108 valence electrons. The van der Waals surface area contributed by atoms with Gasteiger partial charge in [0.15, 0.2) is 0 Å². The number of esters is 1. The van der Waals surface area contributed by atoms with Crippen molar-refractivity contribution in [3.63, 3.8) is 0 Å². The minimum Gasteiger partial charge on any atom is -0.469 e. The second-order valence-corrected chi connectivity index (χ2v) is 7.03. The monoisotopic (exact) mass is 287 g/mol. The summed E-state index contributed by atoms with van der Waals surface area (Å²) in [5.41, 5.74) is -0.163. The third-order valence-electron chi connectivity index (χ3n) is 3.91. The molecule has 0 spiro atoms. The number of ether oxygens (including phenoxy) is 1. The molecule has 1 amide bonds. The maximum absolute atomic E-state index is 12.0. The molecule has 2 fully saturated rings. The first-order valence-electron chi connectivity index (χ1n) is 6.74. The number of likely N-dealkylation sites (tertiary alicyclic amines) is 1. The second kappa shape index (κ2) is 6.03. The third kappa shape index (κ3) is 4.03. The molecule has 6 heteroatoms. The fourth-order valence-corrected chi connectivity index (χ4v) is 4.15. The third-order valence-corrected chi connectivity index (χ3v) is 5.42. The molecule has 0 aromatic carbocycles. The van der Waals surface area contributed by atoms with E-state index < -0.39 is 10.8 Å². The number of carbonyl (C=O) groups is 2. The van der Waals surface area contributed by atoms with Crippen molar-refractivity contribution in [3.05, 3.63) is 0 Å². The van der Waals surface area contributed by atoms with Crippen LogP contribution < -0.4 is 0 Å². The van der Waals surface area contributed by atoms with E-state index >= 15 is 0 Å². The molecular weight excluding hydrogens is 266 g/mol. The molecule has 0 N–H and O–H groups in total. The molecule has 0 bridgehead atoms. The van der Waals surface area contributed by atoms with Crippen LogP contribution in [0.15, 0.2) is 0 Å². The first-order chi connectivity index (χ1) is 9.04. The molecule has 2 rings (SSSR count). The van der Waals surface area contributed by atoms with Gasteiger partial charge in [-0.05, 0) is 31.1 Å². The van der Waals surface area contributed by atoms with E-state index in [1.807, 2.05) is 0 Å². The summed E-state index contributed by atoms with van der Waals surface area (Å²) >= 11 is 0. The Bertz CT molecular complexity index is 386. The zero-order chi connectivity index (χ0) is 13.9. The van der Waals surface area contributed by atoms with Gasteiger partial charge >= 0.3 is 5.97 Å². The molecule has 0 aromatic heterocycles. The summed E-state index contributed by atoms with van der Waals surface area (Å²) in [4.78, 5) is 25.0. The maximum Gasteiger partial charge on any atom is 0.306 e. The maximum atomic E-state index is 12.0. The number of hydrogen-bond donors (Lipinski definition) is 0. The molecule has 0 aromatic rings. The fourth-order valence-electron chi connectivity index (χ4n) is 2.52. The van der Waals surface area contributed by atoms with Crippen LogP contribution in [0.25, 0.3) is 0 Å². The van der Waals surface area contributed by atoms with E-state index in [1.165, 1.54) is 7.11 Å². The molecule has 1 saturated carbocycles. The molecular formula is C13H21NO4S. The molecule has 19 heavy (non-hydrogen) atoms. The number of methoxy groups -OCH3 is 1. The van der Waals surface area contributed by atoms with Crippen molar-refractivity contribution in [1.82, 2.24) is 4.90 Å². The van der Waals surface area contributed by atoms with Crippen molar-refractivity contribution in [1.29, 1.82) is 0 Å². The van der Waals surface area contributed by atoms with Crippen molar-refractivity contribution in [3.8, 4) is 0 Å². The molecule has 1 saturated heterocycles. The number of hydrogen-bond acceptors (Lipinski definition) is 4. The molecule has 0 radical (unpaired) electrons. The van der Waals surface area contributed by atoms with Crippen molar-refractivity contribution in [2.75, 3.05) is 31.7 Å². The van der Waals surface area contributed by atoms with Gasteiger partial charge in [0.05, 0.1) is 13.5 Å². The summed E-state index contributed by atoms with van der Waals surface area (Å²) < 4.78 is 16.7. The Hall–Kier alpha value is -0.910. The summed E-state index contributed by atoms with van der Waals surface area (Å²) in [6.45, 7) is 1.59. The van der Waals surface area contributed by atoms with Gasteiger partial charge in [0.25, 0.3) is 0 Å². The Morgan fingerprint density at radius 1 is 1.26 bits per heavy atom. The van der Waals surface area contributed by atoms with Crippen molar-refractivity contribution < 1.29 is 18.5 Å². The lowest BCUT2D eigenvalue weighted by atomic mass is 10.1. The zero-order valence-electron chi connectivity index (χ0n) is 11.4. The van der Waals surface area contributed by atoms with E-state index in [0.29, 0.717) is 12.2 Å². The molecule has 5 nitrogen and oxygen atoms in total. The highest BCUT2D eigenvalue weighted by Gasteiger charge is 2.46. The van der Waals surface area contributed by atoms with Crippen LogP contribution in [0.3, 0.4) is 0 Å². The van der Waals surface area contributed by atoms with Crippen LogP contribution >= 0.6 is 0 Å². The van der Waals surface area contributed by atoms with E-state index in [1.54, 1.807) is 4.90 Å². The molecule has 1 aliphatic heterocycles. The van der Waals surface area contributed by atoms with E-state index in [2.05, 4.69) is 4.74 Å². The summed E-state index contributed by atoms with van der Waals surface area (Å²) in [5, 5.41) is 0. The predicted molar refractivity (Wildman–Crippen MR) is 72.0 cm³/mol. The topological polar surface area (TPSA) is 63.7 Å². The van der Waals surface area contributed by atoms with Gasteiger partial charge in [0.1, 0.15) is 5.75 Å². The minimum absolute atomic E-state index is 0.00954. The highest BCUT2D eigenvalue weighted by atomic mass is 32.2. The lowest BCUT2D eigenvalue weighted by molar-refractivity contribution is -0.141. The van der Waals surface area contributed by atoms with E-state index in [-0.39, 0.29) is 23.0 Å². The lowest BCUT2D eigenvalue weighted by Gasteiger charge is -2.17. The van der Waals surface area contributed by atoms with Crippen molar-refractivity contribution >= 4 is 22.7 Å². The Balaban J connectivity index is 1.77. The smallest absolute Gasteiger partial charge is 0.306 e. The summed E-state index contributed by atoms with van der Waals surface area (Å²) in [7, 11) is 0.197. The normalized spacial score (nSPS) is 22.1. The average molecular weight is 287 g/mol.